The second-order valence-corrected chi connectivity index (χ2v) is 5.61. The van der Waals surface area contributed by atoms with Gasteiger partial charge in [0.25, 0.3) is 5.91 Å². The summed E-state index contributed by atoms with van der Waals surface area (Å²) < 4.78 is 20.4. The molecule has 0 aliphatic rings. The molecule has 0 spiro atoms. The fourth-order valence-electron chi connectivity index (χ4n) is 2.83. The van der Waals surface area contributed by atoms with Gasteiger partial charge in [-0.3, -0.25) is 4.79 Å². The van der Waals surface area contributed by atoms with Crippen LogP contribution in [0.3, 0.4) is 0 Å². The molecule has 1 amide bonds. The van der Waals surface area contributed by atoms with Gasteiger partial charge in [0.15, 0.2) is 0 Å². The highest BCUT2D eigenvalue weighted by atomic mass is 19.1. The molecule has 5 heteroatoms. The number of nitrogens with one attached hydrogen (secondary N) is 1. The summed E-state index contributed by atoms with van der Waals surface area (Å²) in [6, 6.07) is 14.0. The van der Waals surface area contributed by atoms with Crippen molar-refractivity contribution in [1.29, 1.82) is 0 Å². The van der Waals surface area contributed by atoms with Crippen molar-refractivity contribution in [2.24, 2.45) is 7.05 Å². The third kappa shape index (κ3) is 3.11. The standard InChI is InChI=1S/C19H19FN2O2/c1-22-16-12-15(20)8-7-14(16)11-17(22)19(23)21-10-9-13-5-3-4-6-18(13)24-2/h3-8,11-12H,9-10H2,1-2H3,(H,21,23). The van der Waals surface area contributed by atoms with E-state index in [0.717, 1.165) is 16.7 Å². The lowest BCUT2D eigenvalue weighted by Crippen LogP contribution is -2.27. The molecular weight excluding hydrogens is 307 g/mol. The molecule has 0 aliphatic heterocycles. The molecule has 0 aliphatic carbocycles. The summed E-state index contributed by atoms with van der Waals surface area (Å²) in [7, 11) is 3.39. The van der Waals surface area contributed by atoms with Crippen LogP contribution in [0.15, 0.2) is 48.5 Å². The van der Waals surface area contributed by atoms with Crippen molar-refractivity contribution in [3.05, 3.63) is 65.6 Å². The van der Waals surface area contributed by atoms with Crippen LogP contribution in [-0.2, 0) is 13.5 Å². The van der Waals surface area contributed by atoms with Gasteiger partial charge in [-0.05, 0) is 42.3 Å². The number of carbonyl (C=O) groups is 1. The van der Waals surface area contributed by atoms with Crippen LogP contribution in [-0.4, -0.2) is 24.1 Å². The number of para-hydroxylation sites is 1. The number of rotatable bonds is 5. The highest BCUT2D eigenvalue weighted by Crippen LogP contribution is 2.20. The zero-order valence-electron chi connectivity index (χ0n) is 13.7. The largest absolute Gasteiger partial charge is 0.496 e. The minimum atomic E-state index is -0.313. The Bertz CT molecular complexity index is 886. The first kappa shape index (κ1) is 16.1. The molecule has 2 aromatic carbocycles. The monoisotopic (exact) mass is 326 g/mol. The first-order valence-electron chi connectivity index (χ1n) is 7.75. The maximum atomic E-state index is 13.4. The molecule has 4 nitrogen and oxygen atoms in total. The first-order chi connectivity index (χ1) is 11.6. The fraction of sp³-hybridized carbons (Fsp3) is 0.211. The van der Waals surface area contributed by atoms with E-state index in [-0.39, 0.29) is 11.7 Å². The summed E-state index contributed by atoms with van der Waals surface area (Å²) in [4.78, 5) is 12.4. The summed E-state index contributed by atoms with van der Waals surface area (Å²) in [6.45, 7) is 0.495. The van der Waals surface area contributed by atoms with Crippen molar-refractivity contribution in [2.45, 2.75) is 6.42 Å². The number of halogens is 1. The minimum Gasteiger partial charge on any atom is -0.496 e. The van der Waals surface area contributed by atoms with Gasteiger partial charge in [0.05, 0.1) is 12.6 Å². The normalized spacial score (nSPS) is 10.8. The Labute approximate surface area is 139 Å². The van der Waals surface area contributed by atoms with Gasteiger partial charge in [-0.15, -0.1) is 0 Å². The molecule has 0 radical (unpaired) electrons. The molecule has 0 fully saturated rings. The van der Waals surface area contributed by atoms with E-state index in [1.807, 2.05) is 24.3 Å². The van der Waals surface area contributed by atoms with Gasteiger partial charge in [-0.2, -0.15) is 0 Å². The zero-order chi connectivity index (χ0) is 17.1. The molecule has 1 aromatic heterocycles. The van der Waals surface area contributed by atoms with Crippen LogP contribution < -0.4 is 10.1 Å². The molecule has 0 saturated carbocycles. The number of benzene rings is 2. The molecule has 1 heterocycles. The third-order valence-corrected chi connectivity index (χ3v) is 4.11. The summed E-state index contributed by atoms with van der Waals surface area (Å²) in [5.74, 6) is 0.322. The van der Waals surface area contributed by atoms with Crippen molar-refractivity contribution >= 4 is 16.8 Å². The van der Waals surface area contributed by atoms with Crippen LogP contribution >= 0.6 is 0 Å². The Morgan fingerprint density at radius 3 is 2.79 bits per heavy atom. The molecule has 3 rings (SSSR count). The van der Waals surface area contributed by atoms with Crippen LogP contribution in [0, 0.1) is 5.82 Å². The summed E-state index contributed by atoms with van der Waals surface area (Å²) >= 11 is 0. The van der Waals surface area contributed by atoms with E-state index in [4.69, 9.17) is 4.74 Å². The number of amides is 1. The highest BCUT2D eigenvalue weighted by Gasteiger charge is 2.13. The SMILES string of the molecule is COc1ccccc1CCNC(=O)c1cc2ccc(F)cc2n1C. The van der Waals surface area contributed by atoms with Gasteiger partial charge in [-0.25, -0.2) is 4.39 Å². The number of aromatic nitrogens is 1. The Kier molecular flexibility index (Phi) is 4.51. The second kappa shape index (κ2) is 6.74. The summed E-state index contributed by atoms with van der Waals surface area (Å²) in [5.41, 5.74) is 2.25. The van der Waals surface area contributed by atoms with Crippen LogP contribution in [0.25, 0.3) is 10.9 Å². The number of carbonyl (C=O) groups excluding carboxylic acids is 1. The summed E-state index contributed by atoms with van der Waals surface area (Å²) in [5, 5.41) is 3.75. The quantitative estimate of drug-likeness (QED) is 0.782. The molecule has 3 aromatic rings. The van der Waals surface area contributed by atoms with E-state index in [9.17, 15) is 9.18 Å². The molecule has 124 valence electrons. The van der Waals surface area contributed by atoms with Gasteiger partial charge in [-0.1, -0.05) is 18.2 Å². The smallest absolute Gasteiger partial charge is 0.267 e. The molecule has 0 unspecified atom stereocenters. The number of nitrogens with zero attached hydrogens (tertiary/aromatic N) is 1. The van der Waals surface area contributed by atoms with E-state index in [1.165, 1.54) is 12.1 Å². The number of fused-ring (bicyclic) bond motifs is 1. The average molecular weight is 326 g/mol. The summed E-state index contributed by atoms with van der Waals surface area (Å²) in [6.07, 6.45) is 0.675. The highest BCUT2D eigenvalue weighted by molar-refractivity contribution is 5.98. The predicted molar refractivity (Wildman–Crippen MR) is 91.9 cm³/mol. The average Bonchev–Trinajstić information content (AvgIpc) is 2.92. The van der Waals surface area contributed by atoms with Crippen LogP contribution in [0.1, 0.15) is 16.1 Å². The Morgan fingerprint density at radius 1 is 1.21 bits per heavy atom. The van der Waals surface area contributed by atoms with Crippen LogP contribution in [0.4, 0.5) is 4.39 Å². The minimum absolute atomic E-state index is 0.177. The Hall–Kier alpha value is -2.82. The molecule has 0 saturated heterocycles. The van der Waals surface area contributed by atoms with Crippen LogP contribution in [0.2, 0.25) is 0 Å². The van der Waals surface area contributed by atoms with Gasteiger partial charge >= 0.3 is 0 Å². The zero-order valence-corrected chi connectivity index (χ0v) is 13.7. The molecule has 0 atom stereocenters. The maximum absolute atomic E-state index is 13.4. The lowest BCUT2D eigenvalue weighted by Gasteiger charge is -2.09. The number of ether oxygens (including phenoxy) is 1. The van der Waals surface area contributed by atoms with E-state index < -0.39 is 0 Å². The predicted octanol–water partition coefficient (Wildman–Crippen LogP) is 3.30. The number of methoxy groups -OCH3 is 1. The van der Waals surface area contributed by atoms with Crippen molar-refractivity contribution in [1.82, 2.24) is 9.88 Å². The first-order valence-corrected chi connectivity index (χ1v) is 7.75. The van der Waals surface area contributed by atoms with E-state index in [2.05, 4.69) is 5.32 Å². The lowest BCUT2D eigenvalue weighted by atomic mass is 10.1. The van der Waals surface area contributed by atoms with Crippen molar-refractivity contribution in [3.8, 4) is 5.75 Å². The van der Waals surface area contributed by atoms with Crippen molar-refractivity contribution in [2.75, 3.05) is 13.7 Å². The van der Waals surface area contributed by atoms with Crippen molar-refractivity contribution < 1.29 is 13.9 Å². The van der Waals surface area contributed by atoms with Crippen molar-refractivity contribution in [3.63, 3.8) is 0 Å². The molecule has 24 heavy (non-hydrogen) atoms. The van der Waals surface area contributed by atoms with Gasteiger partial charge < -0.3 is 14.6 Å². The number of hydrogen-bond donors (Lipinski definition) is 1. The molecular formula is C19H19FN2O2. The Balaban J connectivity index is 1.70. The number of aryl methyl sites for hydroxylation is 1. The molecule has 1 N–H and O–H groups in total. The van der Waals surface area contributed by atoms with E-state index >= 15 is 0 Å². The van der Waals surface area contributed by atoms with Gasteiger partial charge in [0, 0.05) is 19.0 Å². The van der Waals surface area contributed by atoms with Gasteiger partial charge in [0.2, 0.25) is 0 Å². The second-order valence-electron chi connectivity index (χ2n) is 5.61. The molecule has 0 bridgehead atoms. The third-order valence-electron chi connectivity index (χ3n) is 4.11. The van der Waals surface area contributed by atoms with E-state index in [0.29, 0.717) is 24.2 Å². The topological polar surface area (TPSA) is 43.3 Å². The fourth-order valence-corrected chi connectivity index (χ4v) is 2.83. The number of hydrogen-bond acceptors (Lipinski definition) is 2. The Morgan fingerprint density at radius 2 is 2.00 bits per heavy atom. The van der Waals surface area contributed by atoms with Gasteiger partial charge in [0.1, 0.15) is 17.3 Å². The van der Waals surface area contributed by atoms with E-state index in [1.54, 1.807) is 30.9 Å². The lowest BCUT2D eigenvalue weighted by molar-refractivity contribution is 0.0946. The maximum Gasteiger partial charge on any atom is 0.267 e. The van der Waals surface area contributed by atoms with Crippen LogP contribution in [0.5, 0.6) is 5.75 Å².